The first-order chi connectivity index (χ1) is 12.9. The van der Waals surface area contributed by atoms with Gasteiger partial charge in [0.25, 0.3) is 5.91 Å². The maximum Gasteiger partial charge on any atom is 0.292 e. The van der Waals surface area contributed by atoms with Gasteiger partial charge in [0.15, 0.2) is 11.5 Å². The summed E-state index contributed by atoms with van der Waals surface area (Å²) < 4.78 is 10.7. The molecular weight excluding hydrogens is 342 g/mol. The number of nitrogens with one attached hydrogen (secondary N) is 1. The maximum atomic E-state index is 12.8. The molecule has 4 aromatic rings. The number of anilines is 1. The molecule has 136 valence electrons. The lowest BCUT2D eigenvalue weighted by Gasteiger charge is -2.06. The van der Waals surface area contributed by atoms with Crippen molar-refractivity contribution in [3.8, 4) is 11.3 Å². The molecular formula is C21H19N3O3. The van der Waals surface area contributed by atoms with E-state index < -0.39 is 0 Å². The van der Waals surface area contributed by atoms with Crippen LogP contribution in [0.4, 0.5) is 5.82 Å². The lowest BCUT2D eigenvalue weighted by molar-refractivity contribution is 0.0997. The molecule has 0 bridgehead atoms. The normalized spacial score (nSPS) is 11.1. The maximum absolute atomic E-state index is 12.8. The third kappa shape index (κ3) is 2.99. The number of aromatic nitrogens is 2. The summed E-state index contributed by atoms with van der Waals surface area (Å²) in [5, 5.41) is 11.5. The van der Waals surface area contributed by atoms with Gasteiger partial charge in [0, 0.05) is 16.5 Å². The highest BCUT2D eigenvalue weighted by Crippen LogP contribution is 2.30. The number of rotatable bonds is 3. The molecule has 6 nitrogen and oxygen atoms in total. The van der Waals surface area contributed by atoms with Crippen molar-refractivity contribution in [2.45, 2.75) is 27.7 Å². The summed E-state index contributed by atoms with van der Waals surface area (Å²) in [7, 11) is 0. The van der Waals surface area contributed by atoms with Gasteiger partial charge in [-0.2, -0.15) is 0 Å². The fraction of sp³-hybridized carbons (Fsp3) is 0.190. The summed E-state index contributed by atoms with van der Waals surface area (Å²) in [6.45, 7) is 7.81. The Labute approximate surface area is 156 Å². The number of benzene rings is 2. The molecule has 0 atom stereocenters. The van der Waals surface area contributed by atoms with Crippen molar-refractivity contribution in [3.63, 3.8) is 0 Å². The SMILES string of the molecule is Cc1ccc(C)c(-c2nonc2NC(=O)c2oc3cc(C)ccc3c2C)c1. The minimum atomic E-state index is -0.386. The van der Waals surface area contributed by atoms with Gasteiger partial charge >= 0.3 is 0 Å². The van der Waals surface area contributed by atoms with Gasteiger partial charge in [-0.1, -0.05) is 29.8 Å². The van der Waals surface area contributed by atoms with E-state index in [0.717, 1.165) is 33.2 Å². The van der Waals surface area contributed by atoms with E-state index in [1.54, 1.807) is 0 Å². The number of amides is 1. The van der Waals surface area contributed by atoms with E-state index in [-0.39, 0.29) is 17.5 Å². The number of fused-ring (bicyclic) bond motifs is 1. The Morgan fingerprint density at radius 3 is 2.52 bits per heavy atom. The first-order valence-corrected chi connectivity index (χ1v) is 8.65. The van der Waals surface area contributed by atoms with Crippen LogP contribution in [0.5, 0.6) is 0 Å². The van der Waals surface area contributed by atoms with Crippen molar-refractivity contribution >= 4 is 22.7 Å². The van der Waals surface area contributed by atoms with Crippen LogP contribution >= 0.6 is 0 Å². The highest BCUT2D eigenvalue weighted by Gasteiger charge is 2.22. The zero-order valence-electron chi connectivity index (χ0n) is 15.6. The summed E-state index contributed by atoms with van der Waals surface area (Å²) in [6.07, 6.45) is 0. The predicted octanol–water partition coefficient (Wildman–Crippen LogP) is 4.97. The number of furan rings is 1. The molecule has 0 saturated carbocycles. The Balaban J connectivity index is 1.70. The monoisotopic (exact) mass is 361 g/mol. The number of hydrogen-bond donors (Lipinski definition) is 1. The number of carbonyl (C=O) groups is 1. The molecule has 2 aromatic heterocycles. The number of carbonyl (C=O) groups excluding carboxylic acids is 1. The van der Waals surface area contributed by atoms with E-state index in [9.17, 15) is 4.79 Å². The Kier molecular flexibility index (Phi) is 4.03. The summed E-state index contributed by atoms with van der Waals surface area (Å²) in [5.41, 5.74) is 6.00. The van der Waals surface area contributed by atoms with Crippen molar-refractivity contribution in [3.05, 3.63) is 64.4 Å². The zero-order valence-corrected chi connectivity index (χ0v) is 15.6. The van der Waals surface area contributed by atoms with Gasteiger partial charge in [-0.25, -0.2) is 4.63 Å². The molecule has 2 aromatic carbocycles. The van der Waals surface area contributed by atoms with E-state index in [0.29, 0.717) is 11.3 Å². The molecule has 0 radical (unpaired) electrons. The molecule has 2 heterocycles. The van der Waals surface area contributed by atoms with Gasteiger partial charge in [-0.15, -0.1) is 0 Å². The fourth-order valence-electron chi connectivity index (χ4n) is 3.15. The van der Waals surface area contributed by atoms with Crippen molar-refractivity contribution in [2.75, 3.05) is 5.32 Å². The molecule has 4 rings (SSSR count). The number of aryl methyl sites for hydroxylation is 4. The molecule has 0 unspecified atom stereocenters. The van der Waals surface area contributed by atoms with Crippen LogP contribution in [0.1, 0.15) is 32.8 Å². The van der Waals surface area contributed by atoms with Gasteiger partial charge in [0.2, 0.25) is 5.82 Å². The average molecular weight is 361 g/mol. The molecule has 1 amide bonds. The molecule has 0 aliphatic carbocycles. The Morgan fingerprint density at radius 1 is 0.963 bits per heavy atom. The second-order valence-electron chi connectivity index (χ2n) is 6.79. The smallest absolute Gasteiger partial charge is 0.292 e. The molecule has 0 aliphatic heterocycles. The Hall–Kier alpha value is -3.41. The fourth-order valence-corrected chi connectivity index (χ4v) is 3.15. The largest absolute Gasteiger partial charge is 0.451 e. The zero-order chi connectivity index (χ0) is 19.1. The minimum absolute atomic E-state index is 0.255. The lowest BCUT2D eigenvalue weighted by Crippen LogP contribution is -2.13. The first kappa shape index (κ1) is 17.0. The van der Waals surface area contributed by atoms with Crippen LogP contribution in [0.3, 0.4) is 0 Å². The Morgan fingerprint density at radius 2 is 1.70 bits per heavy atom. The molecule has 0 fully saturated rings. The average Bonchev–Trinajstić information content (AvgIpc) is 3.21. The van der Waals surface area contributed by atoms with Gasteiger partial charge in [-0.05, 0) is 61.3 Å². The van der Waals surface area contributed by atoms with Gasteiger partial charge in [0.1, 0.15) is 5.58 Å². The van der Waals surface area contributed by atoms with Gasteiger partial charge in [0.05, 0.1) is 0 Å². The van der Waals surface area contributed by atoms with Crippen LogP contribution in [0.15, 0.2) is 45.4 Å². The number of hydrogen-bond acceptors (Lipinski definition) is 5. The summed E-state index contributed by atoms with van der Waals surface area (Å²) in [6, 6.07) is 11.9. The third-order valence-corrected chi connectivity index (χ3v) is 4.67. The highest BCUT2D eigenvalue weighted by atomic mass is 16.6. The molecule has 0 spiro atoms. The van der Waals surface area contributed by atoms with Gasteiger partial charge < -0.3 is 4.42 Å². The number of nitrogens with zero attached hydrogens (tertiary/aromatic N) is 2. The van der Waals surface area contributed by atoms with Crippen LogP contribution in [0.25, 0.3) is 22.2 Å². The van der Waals surface area contributed by atoms with E-state index >= 15 is 0 Å². The van der Waals surface area contributed by atoms with Crippen LogP contribution in [-0.4, -0.2) is 16.2 Å². The molecule has 27 heavy (non-hydrogen) atoms. The molecule has 6 heteroatoms. The van der Waals surface area contributed by atoms with Gasteiger partial charge in [-0.3, -0.25) is 10.1 Å². The first-order valence-electron chi connectivity index (χ1n) is 8.65. The summed E-state index contributed by atoms with van der Waals surface area (Å²) in [5.74, 6) is 0.138. The lowest BCUT2D eigenvalue weighted by atomic mass is 10.0. The standard InChI is InChI=1S/C21H19N3O3/c1-11-5-7-13(3)16(9-11)18-20(24-27-23-18)22-21(25)19-14(4)15-8-6-12(2)10-17(15)26-19/h5-10H,1-4H3,(H,22,24,25). The van der Waals surface area contributed by atoms with Crippen LogP contribution in [0.2, 0.25) is 0 Å². The van der Waals surface area contributed by atoms with Crippen molar-refractivity contribution in [1.82, 2.24) is 10.3 Å². The van der Waals surface area contributed by atoms with E-state index in [1.165, 1.54) is 0 Å². The highest BCUT2D eigenvalue weighted by molar-refractivity contribution is 6.07. The quantitative estimate of drug-likeness (QED) is 0.557. The molecule has 1 N–H and O–H groups in total. The second kappa shape index (κ2) is 6.39. The van der Waals surface area contributed by atoms with E-state index in [2.05, 4.69) is 15.6 Å². The summed E-state index contributed by atoms with van der Waals surface area (Å²) in [4.78, 5) is 12.8. The topological polar surface area (TPSA) is 81.2 Å². The summed E-state index contributed by atoms with van der Waals surface area (Å²) >= 11 is 0. The molecule has 0 saturated heterocycles. The second-order valence-corrected chi connectivity index (χ2v) is 6.79. The molecule has 0 aliphatic rings. The predicted molar refractivity (Wildman–Crippen MR) is 103 cm³/mol. The van der Waals surface area contributed by atoms with E-state index in [4.69, 9.17) is 9.05 Å². The van der Waals surface area contributed by atoms with Crippen LogP contribution in [0, 0.1) is 27.7 Å². The van der Waals surface area contributed by atoms with Crippen molar-refractivity contribution in [1.29, 1.82) is 0 Å². The third-order valence-electron chi connectivity index (χ3n) is 4.67. The van der Waals surface area contributed by atoms with E-state index in [1.807, 2.05) is 64.1 Å². The minimum Gasteiger partial charge on any atom is -0.451 e. The van der Waals surface area contributed by atoms with Crippen molar-refractivity contribution < 1.29 is 13.8 Å². The van der Waals surface area contributed by atoms with Crippen LogP contribution in [-0.2, 0) is 0 Å². The van der Waals surface area contributed by atoms with Crippen LogP contribution < -0.4 is 5.32 Å². The Bertz CT molecular complexity index is 1170. The van der Waals surface area contributed by atoms with Crippen molar-refractivity contribution in [2.24, 2.45) is 0 Å².